The Morgan fingerprint density at radius 3 is 2.78 bits per heavy atom. The third-order valence-corrected chi connectivity index (χ3v) is 2.78. The molecule has 0 aliphatic carbocycles. The Morgan fingerprint density at radius 2 is 2.17 bits per heavy atom. The second-order valence-corrected chi connectivity index (χ2v) is 4.05. The first-order valence-corrected chi connectivity index (χ1v) is 5.91. The average Bonchev–Trinajstić information content (AvgIpc) is 2.78. The molecule has 1 aliphatic heterocycles. The van der Waals surface area contributed by atoms with E-state index >= 15 is 0 Å². The van der Waals surface area contributed by atoms with Gasteiger partial charge in [-0.05, 0) is 17.7 Å². The van der Waals surface area contributed by atoms with Crippen molar-refractivity contribution in [1.82, 2.24) is 10.2 Å². The average molecular weight is 245 g/mol. The number of rotatable bonds is 5. The predicted molar refractivity (Wildman–Crippen MR) is 66.2 cm³/mol. The number of urea groups is 1. The zero-order valence-electron chi connectivity index (χ0n) is 10.1. The highest BCUT2D eigenvalue weighted by atomic mass is 16.5. The van der Waals surface area contributed by atoms with Crippen molar-refractivity contribution in [3.63, 3.8) is 0 Å². The zero-order chi connectivity index (χ0) is 12.8. The molecule has 1 aliphatic rings. The van der Waals surface area contributed by atoms with Crippen molar-refractivity contribution >= 4 is 6.03 Å². The summed E-state index contributed by atoms with van der Waals surface area (Å²) in [5, 5.41) is 11.3. The number of amides is 2. The quantitative estimate of drug-likeness (QED) is 0.846. The minimum Gasteiger partial charge on any atom is -0.492 e. The van der Waals surface area contributed by atoms with Gasteiger partial charge in [-0.2, -0.15) is 5.26 Å². The molecule has 0 bridgehead atoms. The van der Waals surface area contributed by atoms with E-state index < -0.39 is 0 Å². The molecule has 0 atom stereocenters. The van der Waals surface area contributed by atoms with Crippen LogP contribution in [-0.2, 0) is 6.42 Å². The molecule has 2 rings (SSSR count). The number of carbonyl (C=O) groups is 1. The molecular weight excluding hydrogens is 230 g/mol. The molecule has 5 nitrogen and oxygen atoms in total. The van der Waals surface area contributed by atoms with Crippen molar-refractivity contribution in [3.05, 3.63) is 29.8 Å². The standard InChI is InChI=1S/C13H15N3O2/c14-6-5-11-1-3-12(4-2-11)18-10-9-16-8-7-15-13(16)17/h1-4H,5,7-10H2,(H,15,17). The Bertz CT molecular complexity index is 450. The lowest BCUT2D eigenvalue weighted by Gasteiger charge is -2.14. The fourth-order valence-electron chi connectivity index (χ4n) is 1.79. The third-order valence-electron chi connectivity index (χ3n) is 2.78. The van der Waals surface area contributed by atoms with Crippen LogP contribution in [0.5, 0.6) is 5.75 Å². The molecule has 1 N–H and O–H groups in total. The van der Waals surface area contributed by atoms with Crippen molar-refractivity contribution in [3.8, 4) is 11.8 Å². The molecule has 0 saturated carbocycles. The molecule has 0 aromatic heterocycles. The Kier molecular flexibility index (Phi) is 4.02. The summed E-state index contributed by atoms with van der Waals surface area (Å²) >= 11 is 0. The van der Waals surface area contributed by atoms with Gasteiger partial charge >= 0.3 is 6.03 Å². The highest BCUT2D eigenvalue weighted by Gasteiger charge is 2.18. The van der Waals surface area contributed by atoms with Gasteiger partial charge in [-0.1, -0.05) is 12.1 Å². The number of benzene rings is 1. The SMILES string of the molecule is N#CCc1ccc(OCCN2CCNC2=O)cc1. The van der Waals surface area contributed by atoms with E-state index in [2.05, 4.69) is 11.4 Å². The summed E-state index contributed by atoms with van der Waals surface area (Å²) in [7, 11) is 0. The van der Waals surface area contributed by atoms with E-state index in [4.69, 9.17) is 10.00 Å². The van der Waals surface area contributed by atoms with E-state index in [1.54, 1.807) is 4.90 Å². The zero-order valence-corrected chi connectivity index (χ0v) is 10.1. The minimum atomic E-state index is -0.0250. The maximum absolute atomic E-state index is 11.3. The first-order chi connectivity index (χ1) is 8.79. The molecule has 5 heteroatoms. The molecule has 18 heavy (non-hydrogen) atoms. The Hall–Kier alpha value is -2.22. The number of nitrogens with zero attached hydrogens (tertiary/aromatic N) is 2. The van der Waals surface area contributed by atoms with Crippen molar-refractivity contribution in [2.75, 3.05) is 26.2 Å². The molecular formula is C13H15N3O2. The van der Waals surface area contributed by atoms with Crippen LogP contribution in [0, 0.1) is 11.3 Å². The summed E-state index contributed by atoms with van der Waals surface area (Å²) in [5.74, 6) is 0.760. The Balaban J connectivity index is 1.76. The smallest absolute Gasteiger partial charge is 0.317 e. The first-order valence-electron chi connectivity index (χ1n) is 5.91. The van der Waals surface area contributed by atoms with Crippen molar-refractivity contribution in [2.45, 2.75) is 6.42 Å². The summed E-state index contributed by atoms with van der Waals surface area (Å²) < 4.78 is 5.54. The predicted octanol–water partition coefficient (Wildman–Crippen LogP) is 1.16. The lowest BCUT2D eigenvalue weighted by molar-refractivity contribution is 0.202. The fourth-order valence-corrected chi connectivity index (χ4v) is 1.79. The summed E-state index contributed by atoms with van der Waals surface area (Å²) in [6.07, 6.45) is 0.411. The van der Waals surface area contributed by atoms with Gasteiger partial charge in [0, 0.05) is 13.1 Å². The second kappa shape index (κ2) is 5.92. The molecule has 1 heterocycles. The largest absolute Gasteiger partial charge is 0.492 e. The highest BCUT2D eigenvalue weighted by Crippen LogP contribution is 2.12. The highest BCUT2D eigenvalue weighted by molar-refractivity contribution is 5.76. The van der Waals surface area contributed by atoms with Crippen molar-refractivity contribution in [2.24, 2.45) is 0 Å². The van der Waals surface area contributed by atoms with E-state index in [9.17, 15) is 4.79 Å². The third kappa shape index (κ3) is 3.14. The number of hydrogen-bond donors (Lipinski definition) is 1. The van der Waals surface area contributed by atoms with E-state index in [0.29, 0.717) is 26.1 Å². The molecule has 1 aromatic rings. The molecule has 1 fully saturated rings. The number of hydrogen-bond acceptors (Lipinski definition) is 3. The van der Waals surface area contributed by atoms with Gasteiger partial charge in [0.1, 0.15) is 12.4 Å². The number of nitriles is 1. The van der Waals surface area contributed by atoms with Gasteiger partial charge in [0.2, 0.25) is 0 Å². The van der Waals surface area contributed by atoms with Crippen LogP contribution in [0.15, 0.2) is 24.3 Å². The number of nitrogens with one attached hydrogen (secondary N) is 1. The van der Waals surface area contributed by atoms with Crippen molar-refractivity contribution in [1.29, 1.82) is 5.26 Å². The second-order valence-electron chi connectivity index (χ2n) is 4.05. The molecule has 0 spiro atoms. The summed E-state index contributed by atoms with van der Waals surface area (Å²) in [5.41, 5.74) is 0.976. The maximum Gasteiger partial charge on any atom is 0.317 e. The molecule has 0 unspecified atom stereocenters. The van der Waals surface area contributed by atoms with Crippen LogP contribution in [0.4, 0.5) is 4.79 Å². The van der Waals surface area contributed by atoms with Crippen LogP contribution >= 0.6 is 0 Å². The van der Waals surface area contributed by atoms with E-state index in [1.165, 1.54) is 0 Å². The summed E-state index contributed by atoms with van der Waals surface area (Å²) in [6.45, 7) is 2.52. The molecule has 2 amide bonds. The van der Waals surface area contributed by atoms with Gasteiger partial charge < -0.3 is 15.0 Å². The van der Waals surface area contributed by atoms with E-state index in [0.717, 1.165) is 17.9 Å². The Morgan fingerprint density at radius 1 is 1.39 bits per heavy atom. The summed E-state index contributed by atoms with van der Waals surface area (Å²) in [6, 6.07) is 9.51. The fraction of sp³-hybridized carbons (Fsp3) is 0.385. The monoisotopic (exact) mass is 245 g/mol. The molecule has 1 aromatic carbocycles. The normalized spacial score (nSPS) is 14.2. The van der Waals surface area contributed by atoms with Gasteiger partial charge in [-0.3, -0.25) is 0 Å². The van der Waals surface area contributed by atoms with Crippen LogP contribution in [0.3, 0.4) is 0 Å². The van der Waals surface area contributed by atoms with Gasteiger partial charge in [0.15, 0.2) is 0 Å². The topological polar surface area (TPSA) is 65.4 Å². The van der Waals surface area contributed by atoms with Crippen LogP contribution < -0.4 is 10.1 Å². The van der Waals surface area contributed by atoms with Crippen LogP contribution in [0.1, 0.15) is 5.56 Å². The summed E-state index contributed by atoms with van der Waals surface area (Å²) in [4.78, 5) is 13.0. The molecule has 0 radical (unpaired) electrons. The molecule has 94 valence electrons. The van der Waals surface area contributed by atoms with Crippen LogP contribution in [-0.4, -0.2) is 37.2 Å². The van der Waals surface area contributed by atoms with Crippen LogP contribution in [0.2, 0.25) is 0 Å². The number of ether oxygens (including phenoxy) is 1. The number of carbonyl (C=O) groups excluding carboxylic acids is 1. The van der Waals surface area contributed by atoms with E-state index in [-0.39, 0.29) is 6.03 Å². The Labute approximate surface area is 106 Å². The van der Waals surface area contributed by atoms with Crippen LogP contribution in [0.25, 0.3) is 0 Å². The maximum atomic E-state index is 11.3. The van der Waals surface area contributed by atoms with E-state index in [1.807, 2.05) is 24.3 Å². The van der Waals surface area contributed by atoms with Gasteiger partial charge in [0.05, 0.1) is 19.0 Å². The lowest BCUT2D eigenvalue weighted by Crippen LogP contribution is -2.31. The van der Waals surface area contributed by atoms with Gasteiger partial charge in [0.25, 0.3) is 0 Å². The first kappa shape index (κ1) is 12.2. The van der Waals surface area contributed by atoms with Crippen molar-refractivity contribution < 1.29 is 9.53 Å². The molecule has 1 saturated heterocycles. The van der Waals surface area contributed by atoms with Gasteiger partial charge in [-0.25, -0.2) is 4.79 Å². The lowest BCUT2D eigenvalue weighted by atomic mass is 10.2. The minimum absolute atomic E-state index is 0.0250. The van der Waals surface area contributed by atoms with Gasteiger partial charge in [-0.15, -0.1) is 0 Å².